The van der Waals surface area contributed by atoms with Crippen LogP contribution in [0.4, 0.5) is 16.0 Å². The van der Waals surface area contributed by atoms with Crippen LogP contribution < -0.4 is 10.9 Å². The summed E-state index contributed by atoms with van der Waals surface area (Å²) in [4.78, 5) is 14.6. The van der Waals surface area contributed by atoms with E-state index in [0.29, 0.717) is 11.3 Å². The summed E-state index contributed by atoms with van der Waals surface area (Å²) in [6.07, 6.45) is 0. The Kier molecular flexibility index (Phi) is 3.42. The van der Waals surface area contributed by atoms with Gasteiger partial charge in [-0.3, -0.25) is 9.78 Å². The molecule has 0 bridgehead atoms. The molecule has 1 aromatic heterocycles. The molecule has 0 fully saturated rings. The molecule has 1 heterocycles. The van der Waals surface area contributed by atoms with Gasteiger partial charge in [-0.1, -0.05) is 36.4 Å². The lowest BCUT2D eigenvalue weighted by Gasteiger charge is -2.05. The number of nitrogens with one attached hydrogen (secondary N) is 2. The first-order valence-electron chi connectivity index (χ1n) is 6.27. The summed E-state index contributed by atoms with van der Waals surface area (Å²) in [5.74, 6) is -0.221. The van der Waals surface area contributed by atoms with Crippen LogP contribution in [0, 0.1) is 5.82 Å². The number of aromatic amines is 1. The molecule has 0 spiro atoms. The van der Waals surface area contributed by atoms with Crippen molar-refractivity contribution in [2.45, 2.75) is 0 Å². The Hall–Kier alpha value is -3.02. The maximum Gasteiger partial charge on any atom is 0.279 e. The number of benzene rings is 2. The molecule has 104 valence electrons. The van der Waals surface area contributed by atoms with E-state index in [0.717, 1.165) is 0 Å². The Morgan fingerprint density at radius 1 is 1.00 bits per heavy atom. The lowest BCUT2D eigenvalue weighted by atomic mass is 10.2. The van der Waals surface area contributed by atoms with Crippen molar-refractivity contribution < 1.29 is 4.39 Å². The van der Waals surface area contributed by atoms with Gasteiger partial charge in [-0.2, -0.15) is 0 Å². The van der Waals surface area contributed by atoms with E-state index in [4.69, 9.17) is 0 Å². The fraction of sp³-hybridized carbons (Fsp3) is 0. The van der Waals surface area contributed by atoms with Crippen molar-refractivity contribution in [2.75, 3.05) is 5.32 Å². The average molecular weight is 282 g/mol. The molecule has 0 aliphatic rings. The fourth-order valence-electron chi connectivity index (χ4n) is 1.88. The minimum absolute atomic E-state index is 0.158. The first-order valence-corrected chi connectivity index (χ1v) is 6.27. The van der Waals surface area contributed by atoms with Gasteiger partial charge >= 0.3 is 0 Å². The first kappa shape index (κ1) is 13.0. The predicted octanol–water partition coefficient (Wildman–Crippen LogP) is 2.71. The Morgan fingerprint density at radius 3 is 2.52 bits per heavy atom. The summed E-state index contributed by atoms with van der Waals surface area (Å²) >= 11 is 0. The highest BCUT2D eigenvalue weighted by Gasteiger charge is 2.07. The van der Waals surface area contributed by atoms with Gasteiger partial charge in [0, 0.05) is 11.3 Å². The van der Waals surface area contributed by atoms with Crippen LogP contribution in [0.1, 0.15) is 0 Å². The molecular weight excluding hydrogens is 271 g/mol. The maximum absolute atomic E-state index is 13.1. The van der Waals surface area contributed by atoms with Gasteiger partial charge in [0.15, 0.2) is 5.69 Å². The lowest BCUT2D eigenvalue weighted by molar-refractivity contribution is 0.628. The molecule has 2 aromatic carbocycles. The fourth-order valence-corrected chi connectivity index (χ4v) is 1.88. The standard InChI is InChI=1S/C15H11FN4O/c16-11-7-4-8-12(9-11)17-15-18-14(21)13(19-20-15)10-5-2-1-3-6-10/h1-9H,(H2,17,18,20,21). The molecule has 0 amide bonds. The zero-order chi connectivity index (χ0) is 14.7. The minimum Gasteiger partial charge on any atom is -0.324 e. The first-order chi connectivity index (χ1) is 10.2. The Labute approximate surface area is 119 Å². The van der Waals surface area contributed by atoms with Crippen LogP contribution in [0.25, 0.3) is 11.3 Å². The lowest BCUT2D eigenvalue weighted by Crippen LogP contribution is -2.15. The van der Waals surface area contributed by atoms with Crippen LogP contribution in [0.3, 0.4) is 0 Å². The van der Waals surface area contributed by atoms with Crippen molar-refractivity contribution in [1.29, 1.82) is 0 Å². The van der Waals surface area contributed by atoms with E-state index in [1.165, 1.54) is 12.1 Å². The molecule has 0 radical (unpaired) electrons. The van der Waals surface area contributed by atoms with Crippen molar-refractivity contribution in [2.24, 2.45) is 0 Å². The summed E-state index contributed by atoms with van der Waals surface area (Å²) < 4.78 is 13.1. The monoisotopic (exact) mass is 282 g/mol. The maximum atomic E-state index is 13.1. The van der Waals surface area contributed by atoms with E-state index in [9.17, 15) is 9.18 Å². The smallest absolute Gasteiger partial charge is 0.279 e. The second-order valence-electron chi connectivity index (χ2n) is 4.35. The van der Waals surface area contributed by atoms with Crippen LogP contribution in [0.2, 0.25) is 0 Å². The van der Waals surface area contributed by atoms with Crippen molar-refractivity contribution in [3.8, 4) is 11.3 Å². The van der Waals surface area contributed by atoms with E-state index in [-0.39, 0.29) is 23.0 Å². The number of rotatable bonds is 3. The predicted molar refractivity (Wildman–Crippen MR) is 77.8 cm³/mol. The van der Waals surface area contributed by atoms with Crippen LogP contribution in [0.5, 0.6) is 0 Å². The number of hydrogen-bond donors (Lipinski definition) is 2. The number of nitrogens with zero attached hydrogens (tertiary/aromatic N) is 2. The summed E-state index contributed by atoms with van der Waals surface area (Å²) in [5, 5.41) is 10.6. The van der Waals surface area contributed by atoms with Crippen LogP contribution in [-0.4, -0.2) is 15.2 Å². The van der Waals surface area contributed by atoms with E-state index in [1.54, 1.807) is 24.3 Å². The summed E-state index contributed by atoms with van der Waals surface area (Å²) in [7, 11) is 0. The van der Waals surface area contributed by atoms with E-state index in [1.807, 2.05) is 18.2 Å². The highest BCUT2D eigenvalue weighted by atomic mass is 19.1. The Balaban J connectivity index is 1.90. The van der Waals surface area contributed by atoms with Crippen LogP contribution in [-0.2, 0) is 0 Å². The molecule has 0 unspecified atom stereocenters. The number of hydrogen-bond acceptors (Lipinski definition) is 4. The van der Waals surface area contributed by atoms with E-state index in [2.05, 4.69) is 20.5 Å². The third-order valence-electron chi connectivity index (χ3n) is 2.83. The SMILES string of the molecule is O=c1[nH]c(Nc2cccc(F)c2)nnc1-c1ccccc1. The van der Waals surface area contributed by atoms with Crippen molar-refractivity contribution in [3.63, 3.8) is 0 Å². The summed E-state index contributed by atoms with van der Waals surface area (Å²) in [5.41, 5.74) is 1.03. The molecule has 0 aliphatic heterocycles. The van der Waals surface area contributed by atoms with Gasteiger partial charge in [-0.15, -0.1) is 10.2 Å². The largest absolute Gasteiger partial charge is 0.324 e. The van der Waals surface area contributed by atoms with Crippen LogP contribution in [0.15, 0.2) is 59.4 Å². The summed E-state index contributed by atoms with van der Waals surface area (Å²) in [6.45, 7) is 0. The van der Waals surface area contributed by atoms with Gasteiger partial charge in [0.25, 0.3) is 5.56 Å². The molecule has 5 nitrogen and oxygen atoms in total. The van der Waals surface area contributed by atoms with E-state index < -0.39 is 0 Å². The molecule has 6 heteroatoms. The molecule has 0 saturated carbocycles. The topological polar surface area (TPSA) is 70.7 Å². The quantitative estimate of drug-likeness (QED) is 0.775. The number of anilines is 2. The van der Waals surface area contributed by atoms with Gasteiger partial charge in [0.2, 0.25) is 5.95 Å². The highest BCUT2D eigenvalue weighted by molar-refractivity contribution is 5.58. The van der Waals surface area contributed by atoms with Crippen molar-refractivity contribution in [1.82, 2.24) is 15.2 Å². The zero-order valence-corrected chi connectivity index (χ0v) is 10.9. The molecule has 3 aromatic rings. The minimum atomic E-state index is -0.379. The van der Waals surface area contributed by atoms with Gasteiger partial charge in [-0.25, -0.2) is 4.39 Å². The number of aromatic nitrogens is 3. The molecule has 0 saturated heterocycles. The Morgan fingerprint density at radius 2 is 1.81 bits per heavy atom. The normalized spacial score (nSPS) is 10.3. The third-order valence-corrected chi connectivity index (χ3v) is 2.83. The molecule has 2 N–H and O–H groups in total. The molecular formula is C15H11FN4O. The van der Waals surface area contributed by atoms with Gasteiger partial charge in [0.05, 0.1) is 0 Å². The van der Waals surface area contributed by atoms with Gasteiger partial charge < -0.3 is 5.32 Å². The van der Waals surface area contributed by atoms with Crippen LogP contribution >= 0.6 is 0 Å². The molecule has 0 aliphatic carbocycles. The second kappa shape index (κ2) is 5.54. The average Bonchev–Trinajstić information content (AvgIpc) is 2.48. The number of H-pyrrole nitrogens is 1. The van der Waals surface area contributed by atoms with E-state index >= 15 is 0 Å². The molecule has 3 rings (SSSR count). The second-order valence-corrected chi connectivity index (χ2v) is 4.35. The van der Waals surface area contributed by atoms with Gasteiger partial charge in [0.1, 0.15) is 5.82 Å². The molecule has 21 heavy (non-hydrogen) atoms. The highest BCUT2D eigenvalue weighted by Crippen LogP contribution is 2.14. The van der Waals surface area contributed by atoms with Crippen molar-refractivity contribution >= 4 is 11.6 Å². The van der Waals surface area contributed by atoms with Crippen molar-refractivity contribution in [3.05, 3.63) is 70.8 Å². The molecule has 0 atom stereocenters. The zero-order valence-electron chi connectivity index (χ0n) is 10.9. The summed E-state index contributed by atoms with van der Waals surface area (Å²) in [6, 6.07) is 14.9. The Bertz CT molecular complexity index is 817. The number of halogens is 1. The third kappa shape index (κ3) is 2.94. The van der Waals surface area contributed by atoms with Gasteiger partial charge in [-0.05, 0) is 18.2 Å².